The average molecular weight is 114 g/mol. The van der Waals surface area contributed by atoms with Crippen LogP contribution in [0.4, 0.5) is 5.88 Å². The van der Waals surface area contributed by atoms with Crippen molar-refractivity contribution in [2.75, 3.05) is 12.6 Å². The molecule has 0 amide bonds. The van der Waals surface area contributed by atoms with Gasteiger partial charge in [0.05, 0.1) is 13.3 Å². The van der Waals surface area contributed by atoms with Gasteiger partial charge in [-0.3, -0.25) is 4.84 Å². The zero-order valence-electron chi connectivity index (χ0n) is 4.42. The Kier molecular flexibility index (Phi) is 1.48. The third-order valence-corrected chi connectivity index (χ3v) is 0.640. The first-order valence-electron chi connectivity index (χ1n) is 2.13. The maximum Gasteiger partial charge on any atom is 0.248 e. The van der Waals surface area contributed by atoms with Crippen LogP contribution in [-0.4, -0.2) is 12.3 Å². The second kappa shape index (κ2) is 2.32. The van der Waals surface area contributed by atoms with Crippen molar-refractivity contribution in [1.29, 1.82) is 0 Å². The van der Waals surface area contributed by atoms with Gasteiger partial charge in [0, 0.05) is 6.07 Å². The predicted molar refractivity (Wildman–Crippen MR) is 27.1 cm³/mol. The number of nitrogens with one attached hydrogen (secondary N) is 1. The molecule has 1 aromatic heterocycles. The quantitative estimate of drug-likeness (QED) is 0.573. The van der Waals surface area contributed by atoms with Crippen LogP contribution in [0, 0.1) is 0 Å². The van der Waals surface area contributed by atoms with Gasteiger partial charge in [-0.25, -0.2) is 5.48 Å². The summed E-state index contributed by atoms with van der Waals surface area (Å²) >= 11 is 0. The van der Waals surface area contributed by atoms with Gasteiger partial charge in [0.25, 0.3) is 0 Å². The molecule has 8 heavy (non-hydrogen) atoms. The second-order valence-electron chi connectivity index (χ2n) is 1.18. The fraction of sp³-hybridized carbons (Fsp3) is 0.250. The summed E-state index contributed by atoms with van der Waals surface area (Å²) in [7, 11) is 1.50. The van der Waals surface area contributed by atoms with Crippen molar-refractivity contribution in [1.82, 2.24) is 5.16 Å². The molecule has 0 aliphatic carbocycles. The number of rotatable bonds is 2. The first-order valence-corrected chi connectivity index (χ1v) is 2.13. The number of anilines is 1. The standard InChI is InChI=1S/C4H6N2O2/c1-7-6-4-2-3-5-8-4/h2-3,6H,1H3. The molecule has 0 radical (unpaired) electrons. The van der Waals surface area contributed by atoms with Gasteiger partial charge in [-0.2, -0.15) is 0 Å². The van der Waals surface area contributed by atoms with Crippen molar-refractivity contribution in [2.24, 2.45) is 0 Å². The van der Waals surface area contributed by atoms with Gasteiger partial charge in [0.15, 0.2) is 0 Å². The summed E-state index contributed by atoms with van der Waals surface area (Å²) in [4.78, 5) is 4.50. The molecule has 0 atom stereocenters. The van der Waals surface area contributed by atoms with E-state index in [1.54, 1.807) is 6.07 Å². The Morgan fingerprint density at radius 3 is 3.25 bits per heavy atom. The molecule has 4 nitrogen and oxygen atoms in total. The Morgan fingerprint density at radius 1 is 1.88 bits per heavy atom. The van der Waals surface area contributed by atoms with Crippen molar-refractivity contribution in [3.8, 4) is 0 Å². The van der Waals surface area contributed by atoms with E-state index >= 15 is 0 Å². The molecule has 1 N–H and O–H groups in total. The lowest BCUT2D eigenvalue weighted by atomic mass is 10.7. The average Bonchev–Trinajstić information content (AvgIpc) is 2.19. The van der Waals surface area contributed by atoms with E-state index in [2.05, 4.69) is 20.0 Å². The van der Waals surface area contributed by atoms with Crippen LogP contribution in [0.1, 0.15) is 0 Å². The normalized spacial score (nSPS) is 9.12. The molecule has 0 aliphatic rings. The molecular formula is C4H6N2O2. The van der Waals surface area contributed by atoms with E-state index in [0.29, 0.717) is 5.88 Å². The molecule has 0 unspecified atom stereocenters. The molecule has 0 spiro atoms. The minimum Gasteiger partial charge on any atom is -0.337 e. The van der Waals surface area contributed by atoms with Crippen LogP contribution in [0.5, 0.6) is 0 Å². The minimum atomic E-state index is 0.507. The second-order valence-corrected chi connectivity index (χ2v) is 1.18. The van der Waals surface area contributed by atoms with Gasteiger partial charge >= 0.3 is 0 Å². The fourth-order valence-corrected chi connectivity index (χ4v) is 0.369. The van der Waals surface area contributed by atoms with Gasteiger partial charge in [0.2, 0.25) is 5.88 Å². The Morgan fingerprint density at radius 2 is 2.75 bits per heavy atom. The molecule has 44 valence electrons. The zero-order chi connectivity index (χ0) is 5.82. The number of aromatic nitrogens is 1. The number of hydrogen-bond acceptors (Lipinski definition) is 4. The summed E-state index contributed by atoms with van der Waals surface area (Å²) < 4.78 is 4.59. The Hall–Kier alpha value is -1.03. The van der Waals surface area contributed by atoms with Crippen molar-refractivity contribution in [3.05, 3.63) is 12.3 Å². The largest absolute Gasteiger partial charge is 0.337 e. The highest BCUT2D eigenvalue weighted by Crippen LogP contribution is 2.01. The van der Waals surface area contributed by atoms with Crippen molar-refractivity contribution in [2.45, 2.75) is 0 Å². The van der Waals surface area contributed by atoms with Gasteiger partial charge in [0.1, 0.15) is 0 Å². The Bertz CT molecular complexity index is 138. The molecule has 0 bridgehead atoms. The highest BCUT2D eigenvalue weighted by molar-refractivity contribution is 5.23. The molecule has 0 fully saturated rings. The summed E-state index contributed by atoms with van der Waals surface area (Å²) in [5.74, 6) is 0.507. The topological polar surface area (TPSA) is 47.3 Å². The van der Waals surface area contributed by atoms with E-state index in [1.165, 1.54) is 13.3 Å². The third kappa shape index (κ3) is 0.974. The smallest absolute Gasteiger partial charge is 0.248 e. The lowest BCUT2D eigenvalue weighted by Crippen LogP contribution is -1.92. The summed E-state index contributed by atoms with van der Waals surface area (Å²) in [5, 5.41) is 3.42. The number of nitrogens with zero attached hydrogens (tertiary/aromatic N) is 1. The summed E-state index contributed by atoms with van der Waals surface area (Å²) in [6, 6.07) is 1.66. The van der Waals surface area contributed by atoms with Crippen LogP contribution in [0.15, 0.2) is 16.8 Å². The molecule has 4 heteroatoms. The van der Waals surface area contributed by atoms with E-state index in [9.17, 15) is 0 Å². The highest BCUT2D eigenvalue weighted by atomic mass is 16.7. The Balaban J connectivity index is 2.50. The predicted octanol–water partition coefficient (Wildman–Crippen LogP) is 0.648. The van der Waals surface area contributed by atoms with Gasteiger partial charge in [-0.15, -0.1) is 0 Å². The first kappa shape index (κ1) is 5.11. The highest BCUT2D eigenvalue weighted by Gasteiger charge is 1.88. The van der Waals surface area contributed by atoms with Crippen LogP contribution in [0.2, 0.25) is 0 Å². The van der Waals surface area contributed by atoms with Crippen molar-refractivity contribution < 1.29 is 9.36 Å². The van der Waals surface area contributed by atoms with E-state index in [-0.39, 0.29) is 0 Å². The molecule has 0 aliphatic heterocycles. The molecule has 0 saturated heterocycles. The molecule has 1 aromatic rings. The molecular weight excluding hydrogens is 108 g/mol. The Labute approximate surface area is 46.4 Å². The summed E-state index contributed by atoms with van der Waals surface area (Å²) in [6.07, 6.45) is 1.53. The fourth-order valence-electron chi connectivity index (χ4n) is 0.369. The van der Waals surface area contributed by atoms with E-state index in [1.807, 2.05) is 0 Å². The van der Waals surface area contributed by atoms with Crippen LogP contribution >= 0.6 is 0 Å². The molecule has 0 aromatic carbocycles. The minimum absolute atomic E-state index is 0.507. The van der Waals surface area contributed by atoms with E-state index in [4.69, 9.17) is 0 Å². The SMILES string of the molecule is CONc1ccno1. The molecule has 1 heterocycles. The third-order valence-electron chi connectivity index (χ3n) is 0.640. The van der Waals surface area contributed by atoms with Crippen molar-refractivity contribution in [3.63, 3.8) is 0 Å². The van der Waals surface area contributed by atoms with Gasteiger partial charge in [-0.05, 0) is 0 Å². The molecule has 0 saturated carbocycles. The summed E-state index contributed by atoms with van der Waals surface area (Å²) in [6.45, 7) is 0. The first-order chi connectivity index (χ1) is 3.93. The maximum atomic E-state index is 4.59. The van der Waals surface area contributed by atoms with E-state index < -0.39 is 0 Å². The lowest BCUT2D eigenvalue weighted by molar-refractivity contribution is 0.250. The monoisotopic (exact) mass is 114 g/mol. The maximum absolute atomic E-state index is 4.59. The van der Waals surface area contributed by atoms with Crippen LogP contribution in [0.3, 0.4) is 0 Å². The van der Waals surface area contributed by atoms with Crippen LogP contribution in [0.25, 0.3) is 0 Å². The van der Waals surface area contributed by atoms with Crippen LogP contribution in [-0.2, 0) is 4.84 Å². The van der Waals surface area contributed by atoms with Crippen molar-refractivity contribution >= 4 is 5.88 Å². The lowest BCUT2D eigenvalue weighted by Gasteiger charge is -1.91. The number of hydrogen-bond donors (Lipinski definition) is 1. The van der Waals surface area contributed by atoms with E-state index in [0.717, 1.165) is 0 Å². The summed E-state index contributed by atoms with van der Waals surface area (Å²) in [5.41, 5.74) is 2.46. The van der Waals surface area contributed by atoms with Gasteiger partial charge in [-0.1, -0.05) is 5.16 Å². The molecule has 1 rings (SSSR count). The van der Waals surface area contributed by atoms with Gasteiger partial charge < -0.3 is 4.52 Å². The zero-order valence-corrected chi connectivity index (χ0v) is 4.42. The van der Waals surface area contributed by atoms with Crippen LogP contribution < -0.4 is 5.48 Å².